The van der Waals surface area contributed by atoms with Crippen LogP contribution in [-0.2, 0) is 14.1 Å². The van der Waals surface area contributed by atoms with Crippen LogP contribution in [0.5, 0.6) is 0 Å². The Morgan fingerprint density at radius 1 is 0.966 bits per heavy atom. The van der Waals surface area contributed by atoms with Crippen LogP contribution in [0.1, 0.15) is 30.6 Å². The smallest absolute Gasteiger partial charge is 0.317 e. The summed E-state index contributed by atoms with van der Waals surface area (Å²) in [5.41, 5.74) is 4.02. The molecule has 146 valence electrons. The molecule has 0 spiro atoms. The van der Waals surface area contributed by atoms with Crippen LogP contribution < -0.4 is 4.57 Å². The first-order valence-electron chi connectivity index (χ1n) is 12.6. The highest BCUT2D eigenvalue weighted by Crippen LogP contribution is 2.36. The van der Waals surface area contributed by atoms with E-state index in [1.165, 1.54) is 0 Å². The maximum absolute atomic E-state index is 8.45. The predicted molar refractivity (Wildman–Crippen MR) is 119 cm³/mol. The molecule has 4 nitrogen and oxygen atoms in total. The number of hydrogen-bond donors (Lipinski definition) is 0. The van der Waals surface area contributed by atoms with Gasteiger partial charge < -0.3 is 4.57 Å². The van der Waals surface area contributed by atoms with E-state index in [0.29, 0.717) is 22.4 Å². The molecular weight excluding hydrogens is 356 g/mol. The summed E-state index contributed by atoms with van der Waals surface area (Å²) in [4.78, 5) is 0. The fourth-order valence-corrected chi connectivity index (χ4v) is 4.51. The lowest BCUT2D eigenvalue weighted by atomic mass is 10.1. The van der Waals surface area contributed by atoms with Crippen molar-refractivity contribution in [3.05, 3.63) is 77.2 Å². The van der Waals surface area contributed by atoms with E-state index in [4.69, 9.17) is 8.22 Å². The van der Waals surface area contributed by atoms with Gasteiger partial charge in [0.05, 0.1) is 24.5 Å². The van der Waals surface area contributed by atoms with Crippen molar-refractivity contribution in [2.45, 2.75) is 27.6 Å². The van der Waals surface area contributed by atoms with Crippen LogP contribution >= 0.6 is 0 Å². The maximum Gasteiger partial charge on any atom is 0.375 e. The molecule has 5 rings (SSSR count). The molecule has 0 unspecified atom stereocenters. The van der Waals surface area contributed by atoms with Gasteiger partial charge in [0.25, 0.3) is 0 Å². The van der Waals surface area contributed by atoms with E-state index >= 15 is 0 Å². The van der Waals surface area contributed by atoms with Crippen LogP contribution in [0.4, 0.5) is 0 Å². The fraction of sp³-hybridized carbons (Fsp3) is 0.240. The molecule has 0 bridgehead atoms. The zero-order chi connectivity index (χ0) is 25.4. The summed E-state index contributed by atoms with van der Waals surface area (Å²) in [5.74, 6) is 0.542. The van der Waals surface area contributed by atoms with Gasteiger partial charge in [-0.25, -0.2) is 9.13 Å². The number of rotatable bonds is 2. The second-order valence-electron chi connectivity index (χ2n) is 7.65. The van der Waals surface area contributed by atoms with E-state index in [1.54, 1.807) is 4.57 Å². The lowest BCUT2D eigenvalue weighted by molar-refractivity contribution is -0.664. The molecule has 0 aliphatic heterocycles. The van der Waals surface area contributed by atoms with Crippen molar-refractivity contribution in [1.29, 1.82) is 0 Å². The summed E-state index contributed by atoms with van der Waals surface area (Å²) in [5, 5.41) is 1.16. The van der Waals surface area contributed by atoms with Crippen molar-refractivity contribution >= 4 is 21.9 Å². The first kappa shape index (κ1) is 12.3. The molecule has 0 amide bonds. The molecule has 0 saturated heterocycles. The highest BCUT2D eigenvalue weighted by molar-refractivity contribution is 6.09. The summed E-state index contributed by atoms with van der Waals surface area (Å²) < 4.78 is 57.8. The van der Waals surface area contributed by atoms with E-state index in [1.807, 2.05) is 96.5 Å². The van der Waals surface area contributed by atoms with Crippen LogP contribution in [-0.4, -0.2) is 13.7 Å². The molecule has 3 heterocycles. The minimum Gasteiger partial charge on any atom is -0.317 e. The van der Waals surface area contributed by atoms with Gasteiger partial charge in [-0.3, -0.25) is 0 Å². The van der Waals surface area contributed by atoms with E-state index in [2.05, 4.69) is 0 Å². The minimum absolute atomic E-state index is 0.126. The third-order valence-corrected chi connectivity index (χ3v) is 5.85. The Hall–Kier alpha value is -3.27. The van der Waals surface area contributed by atoms with Crippen molar-refractivity contribution in [2.24, 2.45) is 14.1 Å². The largest absolute Gasteiger partial charge is 0.375 e. The molecule has 0 saturated carbocycles. The van der Waals surface area contributed by atoms with Crippen molar-refractivity contribution in [3.63, 3.8) is 0 Å². The molecule has 3 aromatic heterocycles. The molecule has 0 fully saturated rings. The molecule has 0 aliphatic carbocycles. The molecule has 0 N–H and O–H groups in total. The van der Waals surface area contributed by atoms with Gasteiger partial charge in [0.1, 0.15) is 11.9 Å². The first-order valence-corrected chi connectivity index (χ1v) is 9.60. The normalized spacial score (nSPS) is 15.7. The summed E-state index contributed by atoms with van der Waals surface area (Å²) in [6, 6.07) is 13.5. The summed E-state index contributed by atoms with van der Waals surface area (Å²) >= 11 is 0. The van der Waals surface area contributed by atoms with E-state index in [9.17, 15) is 0 Å². The fourth-order valence-electron chi connectivity index (χ4n) is 4.51. The lowest BCUT2D eigenvalue weighted by Gasteiger charge is -2.11. The Morgan fingerprint density at radius 2 is 1.72 bits per heavy atom. The Morgan fingerprint density at radius 3 is 2.45 bits per heavy atom. The second-order valence-corrected chi connectivity index (χ2v) is 7.65. The third kappa shape index (κ3) is 2.29. The number of imidazole rings is 1. The van der Waals surface area contributed by atoms with Crippen LogP contribution in [0, 0.1) is 27.6 Å². The molecule has 29 heavy (non-hydrogen) atoms. The second kappa shape index (κ2) is 6.11. The number of aryl methyl sites for hydroxylation is 5. The van der Waals surface area contributed by atoms with Crippen molar-refractivity contribution in [2.75, 3.05) is 0 Å². The van der Waals surface area contributed by atoms with Gasteiger partial charge in [-0.15, -0.1) is 0 Å². The predicted octanol–water partition coefficient (Wildman–Crippen LogP) is 4.97. The van der Waals surface area contributed by atoms with Crippen molar-refractivity contribution in [1.82, 2.24) is 13.7 Å². The monoisotopic (exact) mass is 389 g/mol. The van der Waals surface area contributed by atoms with Gasteiger partial charge in [0.2, 0.25) is 0 Å². The molecule has 2 aromatic carbocycles. The Bertz CT molecular complexity index is 1590. The SMILES string of the molecule is [2H]C([2H])([2H])c1c(C([2H])([2H])[2H])n(-c2n(-c3c(C)cccc3C)cc[n+]2C)c2c1c1ccccc1n2C. The number of benzene rings is 2. The molecule has 5 aromatic rings. The standard InChI is InChI=1S/C25H27N4/c1-16-10-9-11-17(2)23(16)28-15-14-26(5)25(28)29-19(4)18(3)22-20-12-7-8-13-21(20)27(6)24(22)29/h7-15H,1-6H3/q+1/i3D3,4D3. The van der Waals surface area contributed by atoms with Gasteiger partial charge in [0, 0.05) is 26.0 Å². The van der Waals surface area contributed by atoms with Crippen LogP contribution in [0.25, 0.3) is 33.6 Å². The number of aromatic nitrogens is 4. The van der Waals surface area contributed by atoms with Crippen LogP contribution in [0.2, 0.25) is 0 Å². The third-order valence-electron chi connectivity index (χ3n) is 5.85. The molecule has 0 atom stereocenters. The van der Waals surface area contributed by atoms with E-state index in [-0.39, 0.29) is 11.3 Å². The topological polar surface area (TPSA) is 18.7 Å². The molecule has 0 aliphatic rings. The first-order chi connectivity index (χ1) is 16.3. The Balaban J connectivity index is 2.07. The maximum atomic E-state index is 8.45. The number of nitrogens with zero attached hydrogens (tertiary/aromatic N) is 4. The van der Waals surface area contributed by atoms with Gasteiger partial charge in [-0.05, 0) is 50.3 Å². The Labute approximate surface area is 179 Å². The van der Waals surface area contributed by atoms with Crippen molar-refractivity contribution in [3.8, 4) is 11.6 Å². The average Bonchev–Trinajstić information content (AvgIpc) is 3.38. The molecular formula is C25H27N4+. The van der Waals surface area contributed by atoms with Gasteiger partial charge in [-0.1, -0.05) is 36.4 Å². The minimum atomic E-state index is -2.67. The zero-order valence-corrected chi connectivity index (χ0v) is 17.0. The van der Waals surface area contributed by atoms with E-state index < -0.39 is 13.7 Å². The quantitative estimate of drug-likeness (QED) is 0.380. The highest BCUT2D eigenvalue weighted by atomic mass is 15.3. The van der Waals surface area contributed by atoms with Crippen LogP contribution in [0.15, 0.2) is 54.9 Å². The average molecular weight is 390 g/mol. The van der Waals surface area contributed by atoms with Gasteiger partial charge in [-0.2, -0.15) is 4.57 Å². The Kier molecular flexibility index (Phi) is 2.60. The molecule has 4 heteroatoms. The zero-order valence-electron chi connectivity index (χ0n) is 23.0. The molecule has 0 radical (unpaired) electrons. The number of fused-ring (bicyclic) bond motifs is 3. The highest BCUT2D eigenvalue weighted by Gasteiger charge is 2.29. The summed E-state index contributed by atoms with van der Waals surface area (Å²) in [7, 11) is 3.69. The summed E-state index contributed by atoms with van der Waals surface area (Å²) in [6.07, 6.45) is 3.74. The van der Waals surface area contributed by atoms with Crippen LogP contribution in [0.3, 0.4) is 0 Å². The number of hydrogen-bond acceptors (Lipinski definition) is 0. The van der Waals surface area contributed by atoms with E-state index in [0.717, 1.165) is 22.3 Å². The summed E-state index contributed by atoms with van der Waals surface area (Å²) in [6.45, 7) is -1.29. The van der Waals surface area contributed by atoms with Gasteiger partial charge >= 0.3 is 5.95 Å². The number of para-hydroxylation sites is 2. The lowest BCUT2D eigenvalue weighted by Crippen LogP contribution is -2.33. The van der Waals surface area contributed by atoms with Gasteiger partial charge in [0.15, 0.2) is 5.65 Å². The van der Waals surface area contributed by atoms with Crippen molar-refractivity contribution < 1.29 is 12.8 Å².